The number of nitrogens with one attached hydrogen (secondary N) is 3. The molecular formula is C29H40N6O4. The standard InChI is InChI=1S/C29H40N6O4/c1-20(2)16-25-29(39)34(4)21(3)27(37)33-24(17-22-8-6-5-7-9-22)28(38)31-14-15-35(19-26(36)32-25)18-23-10-12-30-13-11-23/h5-13,20-21,24-25H,14-19H2,1-4H3,(H,31,38)(H,32,36)(H,33,37)/t21-,24-,25-/m0/s1. The highest BCUT2D eigenvalue weighted by Crippen LogP contribution is 2.12. The van der Waals surface area contributed by atoms with E-state index in [-0.39, 0.29) is 36.7 Å². The summed E-state index contributed by atoms with van der Waals surface area (Å²) < 4.78 is 0. The molecule has 1 aromatic carbocycles. The molecule has 10 nitrogen and oxygen atoms in total. The smallest absolute Gasteiger partial charge is 0.245 e. The molecular weight excluding hydrogens is 496 g/mol. The number of rotatable bonds is 6. The third kappa shape index (κ3) is 9.17. The highest BCUT2D eigenvalue weighted by molar-refractivity contribution is 5.94. The number of amides is 4. The topological polar surface area (TPSA) is 124 Å². The van der Waals surface area contributed by atoms with Crippen LogP contribution in [0.3, 0.4) is 0 Å². The van der Waals surface area contributed by atoms with Crippen LogP contribution in [0.2, 0.25) is 0 Å². The average molecular weight is 537 g/mol. The van der Waals surface area contributed by atoms with Gasteiger partial charge in [-0.15, -0.1) is 0 Å². The fourth-order valence-corrected chi connectivity index (χ4v) is 4.52. The molecule has 1 aliphatic rings. The van der Waals surface area contributed by atoms with Crippen molar-refractivity contribution >= 4 is 23.6 Å². The second-order valence-electron chi connectivity index (χ2n) is 10.5. The molecule has 3 rings (SSSR count). The van der Waals surface area contributed by atoms with E-state index in [2.05, 4.69) is 20.9 Å². The Hall–Kier alpha value is -3.79. The first-order valence-electron chi connectivity index (χ1n) is 13.4. The van der Waals surface area contributed by atoms with Crippen LogP contribution in [-0.4, -0.2) is 83.2 Å². The highest BCUT2D eigenvalue weighted by Gasteiger charge is 2.32. The number of carbonyl (C=O) groups excluding carboxylic acids is 4. The summed E-state index contributed by atoms with van der Waals surface area (Å²) in [5, 5.41) is 8.67. The molecule has 3 N–H and O–H groups in total. The van der Waals surface area contributed by atoms with Gasteiger partial charge >= 0.3 is 0 Å². The van der Waals surface area contributed by atoms with Crippen molar-refractivity contribution in [1.29, 1.82) is 0 Å². The van der Waals surface area contributed by atoms with Crippen LogP contribution in [0.5, 0.6) is 0 Å². The normalized spacial score (nSPS) is 22.5. The van der Waals surface area contributed by atoms with Crippen LogP contribution in [0.1, 0.15) is 38.3 Å². The first-order valence-corrected chi connectivity index (χ1v) is 13.4. The van der Waals surface area contributed by atoms with Crippen LogP contribution in [0.4, 0.5) is 0 Å². The molecule has 10 heteroatoms. The van der Waals surface area contributed by atoms with E-state index in [0.29, 0.717) is 25.9 Å². The minimum atomic E-state index is -0.844. The predicted octanol–water partition coefficient (Wildman–Crippen LogP) is 1.12. The fourth-order valence-electron chi connectivity index (χ4n) is 4.52. The third-order valence-corrected chi connectivity index (χ3v) is 6.81. The summed E-state index contributed by atoms with van der Waals surface area (Å²) in [5.41, 5.74) is 1.87. The Morgan fingerprint density at radius 1 is 0.923 bits per heavy atom. The molecule has 1 aliphatic heterocycles. The zero-order valence-electron chi connectivity index (χ0n) is 23.2. The van der Waals surface area contributed by atoms with Gasteiger partial charge < -0.3 is 20.9 Å². The molecule has 3 atom stereocenters. The van der Waals surface area contributed by atoms with Crippen molar-refractivity contribution in [2.45, 2.75) is 58.3 Å². The molecule has 4 amide bonds. The number of aromatic nitrogens is 1. The summed E-state index contributed by atoms with van der Waals surface area (Å²) in [4.78, 5) is 60.4. The first-order chi connectivity index (χ1) is 18.6. The molecule has 1 saturated heterocycles. The zero-order valence-corrected chi connectivity index (χ0v) is 23.2. The molecule has 39 heavy (non-hydrogen) atoms. The maximum atomic E-state index is 13.5. The summed E-state index contributed by atoms with van der Waals surface area (Å²) in [6.07, 6.45) is 4.12. The van der Waals surface area contributed by atoms with E-state index in [0.717, 1.165) is 11.1 Å². The van der Waals surface area contributed by atoms with Gasteiger partial charge in [0.25, 0.3) is 0 Å². The minimum Gasteiger partial charge on any atom is -0.353 e. The maximum absolute atomic E-state index is 13.5. The van der Waals surface area contributed by atoms with Gasteiger partial charge in [-0.1, -0.05) is 44.2 Å². The van der Waals surface area contributed by atoms with E-state index in [1.54, 1.807) is 26.4 Å². The van der Waals surface area contributed by atoms with E-state index in [4.69, 9.17) is 0 Å². The van der Waals surface area contributed by atoms with E-state index < -0.39 is 24.0 Å². The van der Waals surface area contributed by atoms with Gasteiger partial charge in [-0.3, -0.25) is 29.1 Å². The van der Waals surface area contributed by atoms with Crippen molar-refractivity contribution in [2.24, 2.45) is 5.92 Å². The van der Waals surface area contributed by atoms with Crippen molar-refractivity contribution < 1.29 is 19.2 Å². The molecule has 2 aromatic rings. The van der Waals surface area contributed by atoms with Gasteiger partial charge in [-0.2, -0.15) is 0 Å². The number of carbonyl (C=O) groups is 4. The molecule has 1 fully saturated rings. The molecule has 1 aromatic heterocycles. The van der Waals surface area contributed by atoms with Gasteiger partial charge in [-0.25, -0.2) is 0 Å². The van der Waals surface area contributed by atoms with Crippen LogP contribution < -0.4 is 16.0 Å². The predicted molar refractivity (Wildman–Crippen MR) is 148 cm³/mol. The van der Waals surface area contributed by atoms with Gasteiger partial charge in [-0.05, 0) is 42.5 Å². The second kappa shape index (κ2) is 14.4. The maximum Gasteiger partial charge on any atom is 0.245 e. The van der Waals surface area contributed by atoms with E-state index in [9.17, 15) is 19.2 Å². The summed E-state index contributed by atoms with van der Waals surface area (Å²) in [6.45, 7) is 6.76. The van der Waals surface area contributed by atoms with Crippen molar-refractivity contribution in [3.63, 3.8) is 0 Å². The Morgan fingerprint density at radius 3 is 2.28 bits per heavy atom. The van der Waals surface area contributed by atoms with Crippen molar-refractivity contribution in [2.75, 3.05) is 26.7 Å². The molecule has 0 bridgehead atoms. The van der Waals surface area contributed by atoms with Crippen LogP contribution >= 0.6 is 0 Å². The summed E-state index contributed by atoms with van der Waals surface area (Å²) in [7, 11) is 1.55. The summed E-state index contributed by atoms with van der Waals surface area (Å²) in [5.74, 6) is -1.26. The number of likely N-dealkylation sites (N-methyl/N-ethyl adjacent to an activating group) is 1. The second-order valence-corrected chi connectivity index (χ2v) is 10.5. The zero-order chi connectivity index (χ0) is 28.4. The van der Waals surface area contributed by atoms with Gasteiger partial charge in [0, 0.05) is 45.5 Å². The largest absolute Gasteiger partial charge is 0.353 e. The molecule has 0 saturated carbocycles. The van der Waals surface area contributed by atoms with Crippen molar-refractivity contribution in [3.8, 4) is 0 Å². The van der Waals surface area contributed by atoms with Crippen molar-refractivity contribution in [3.05, 3.63) is 66.0 Å². The Balaban J connectivity index is 1.88. The number of pyridine rings is 1. The lowest BCUT2D eigenvalue weighted by molar-refractivity contribution is -0.142. The number of hydrogen-bond donors (Lipinski definition) is 3. The van der Waals surface area contributed by atoms with Gasteiger partial charge in [0.2, 0.25) is 23.6 Å². The molecule has 0 unspecified atom stereocenters. The molecule has 2 heterocycles. The van der Waals surface area contributed by atoms with E-state index >= 15 is 0 Å². The number of benzene rings is 1. The van der Waals surface area contributed by atoms with Gasteiger partial charge in [0.05, 0.1) is 6.54 Å². The van der Waals surface area contributed by atoms with Crippen LogP contribution in [0.15, 0.2) is 54.9 Å². The molecule has 210 valence electrons. The Labute approximate surface area is 230 Å². The fraction of sp³-hybridized carbons (Fsp3) is 0.483. The summed E-state index contributed by atoms with van der Waals surface area (Å²) >= 11 is 0. The van der Waals surface area contributed by atoms with Crippen LogP contribution in [0, 0.1) is 5.92 Å². The van der Waals surface area contributed by atoms with E-state index in [1.165, 1.54) is 4.90 Å². The summed E-state index contributed by atoms with van der Waals surface area (Å²) in [6, 6.07) is 10.8. The third-order valence-electron chi connectivity index (χ3n) is 6.81. The Morgan fingerprint density at radius 2 is 1.62 bits per heavy atom. The van der Waals surface area contributed by atoms with Crippen molar-refractivity contribution in [1.82, 2.24) is 30.7 Å². The molecule has 0 aliphatic carbocycles. The lowest BCUT2D eigenvalue weighted by atomic mass is 10.0. The van der Waals surface area contributed by atoms with Gasteiger partial charge in [0.1, 0.15) is 18.1 Å². The SMILES string of the molecule is CC(C)C[C@@H]1NC(=O)CN(Cc2ccncc2)CCNC(=O)[C@H](Cc2ccccc2)NC(=O)[C@H](C)N(C)C1=O. The average Bonchev–Trinajstić information content (AvgIpc) is 2.91. The highest BCUT2D eigenvalue weighted by atomic mass is 16.2. The quantitative estimate of drug-likeness (QED) is 0.508. The number of nitrogens with zero attached hydrogens (tertiary/aromatic N) is 3. The van der Waals surface area contributed by atoms with Crippen LogP contribution in [-0.2, 0) is 32.1 Å². The van der Waals surface area contributed by atoms with Crippen LogP contribution in [0.25, 0.3) is 0 Å². The molecule has 0 radical (unpaired) electrons. The van der Waals surface area contributed by atoms with E-state index in [1.807, 2.05) is 61.2 Å². The monoisotopic (exact) mass is 536 g/mol. The minimum absolute atomic E-state index is 0.0456. The first kappa shape index (κ1) is 29.8. The molecule has 0 spiro atoms. The lowest BCUT2D eigenvalue weighted by Crippen LogP contribution is -2.56. The Kier molecular flexibility index (Phi) is 11.0. The van der Waals surface area contributed by atoms with Gasteiger partial charge in [0.15, 0.2) is 0 Å². The number of hydrogen-bond acceptors (Lipinski definition) is 6. The Bertz CT molecular complexity index is 1110. The lowest BCUT2D eigenvalue weighted by Gasteiger charge is -2.30.